The smallest absolute Gasteiger partial charge is 0.109 e. The van der Waals surface area contributed by atoms with Gasteiger partial charge in [0.1, 0.15) is 11.4 Å². The van der Waals surface area contributed by atoms with Gasteiger partial charge in [-0.25, -0.2) is 4.63 Å². The molecular weight excluding hydrogens is 140 g/mol. The summed E-state index contributed by atoms with van der Waals surface area (Å²) in [5.74, 6) is 0.565. The highest BCUT2D eigenvalue weighted by atomic mass is 35.5. The zero-order valence-electron chi connectivity index (χ0n) is 5.09. The second kappa shape index (κ2) is 2.82. The Balaban J connectivity index is 2.69. The van der Waals surface area contributed by atoms with Crippen LogP contribution in [0.15, 0.2) is 4.63 Å². The summed E-state index contributed by atoms with van der Waals surface area (Å²) in [6, 6.07) is 0. The van der Waals surface area contributed by atoms with E-state index in [-0.39, 0.29) is 0 Å². The summed E-state index contributed by atoms with van der Waals surface area (Å²) >= 11 is 5.46. The summed E-state index contributed by atoms with van der Waals surface area (Å²) in [6.45, 7) is 1.85. The molecule has 3 nitrogen and oxygen atoms in total. The summed E-state index contributed by atoms with van der Waals surface area (Å²) in [7, 11) is 0. The lowest BCUT2D eigenvalue weighted by molar-refractivity contribution is 0.301. The number of aryl methyl sites for hydroxylation is 2. The van der Waals surface area contributed by atoms with Crippen LogP contribution < -0.4 is 0 Å². The summed E-state index contributed by atoms with van der Waals surface area (Å²) in [4.78, 5) is 0. The van der Waals surface area contributed by atoms with E-state index in [9.17, 15) is 0 Å². The largest absolute Gasteiger partial charge is 0.244 e. The van der Waals surface area contributed by atoms with Gasteiger partial charge in [-0.2, -0.15) is 0 Å². The third kappa shape index (κ3) is 1.42. The molecule has 1 heterocycles. The van der Waals surface area contributed by atoms with E-state index >= 15 is 0 Å². The van der Waals surface area contributed by atoms with Gasteiger partial charge in [0.15, 0.2) is 0 Å². The van der Waals surface area contributed by atoms with Gasteiger partial charge < -0.3 is 0 Å². The van der Waals surface area contributed by atoms with Crippen LogP contribution in [-0.2, 0) is 6.42 Å². The SMILES string of the molecule is Cc1nonc1CCCl. The maximum atomic E-state index is 5.46. The maximum Gasteiger partial charge on any atom is 0.109 e. The van der Waals surface area contributed by atoms with E-state index in [1.807, 2.05) is 6.92 Å². The number of halogens is 1. The van der Waals surface area contributed by atoms with E-state index in [4.69, 9.17) is 11.6 Å². The van der Waals surface area contributed by atoms with Crippen molar-refractivity contribution in [1.82, 2.24) is 10.3 Å². The quantitative estimate of drug-likeness (QED) is 0.588. The first-order chi connectivity index (χ1) is 4.34. The van der Waals surface area contributed by atoms with Crippen LogP contribution in [0.2, 0.25) is 0 Å². The molecule has 0 amide bonds. The van der Waals surface area contributed by atoms with Crippen LogP contribution in [0, 0.1) is 6.92 Å². The molecule has 9 heavy (non-hydrogen) atoms. The van der Waals surface area contributed by atoms with E-state index in [0.29, 0.717) is 5.88 Å². The molecule has 0 fully saturated rings. The topological polar surface area (TPSA) is 38.9 Å². The van der Waals surface area contributed by atoms with Crippen molar-refractivity contribution in [2.45, 2.75) is 13.3 Å². The molecule has 50 valence electrons. The molecule has 0 bridgehead atoms. The molecule has 0 aromatic carbocycles. The van der Waals surface area contributed by atoms with Crippen LogP contribution in [0.1, 0.15) is 11.4 Å². The monoisotopic (exact) mass is 146 g/mol. The third-order valence-electron chi connectivity index (χ3n) is 1.08. The molecule has 0 radical (unpaired) electrons. The van der Waals surface area contributed by atoms with Gasteiger partial charge in [0.25, 0.3) is 0 Å². The van der Waals surface area contributed by atoms with Crippen LogP contribution in [0.5, 0.6) is 0 Å². The zero-order chi connectivity index (χ0) is 6.69. The summed E-state index contributed by atoms with van der Waals surface area (Å²) < 4.78 is 4.44. The minimum atomic E-state index is 0.565. The third-order valence-corrected chi connectivity index (χ3v) is 1.27. The van der Waals surface area contributed by atoms with Crippen molar-refractivity contribution in [2.75, 3.05) is 5.88 Å². The van der Waals surface area contributed by atoms with Gasteiger partial charge in [-0.1, -0.05) is 10.3 Å². The fourth-order valence-electron chi connectivity index (χ4n) is 0.566. The molecule has 0 spiro atoms. The van der Waals surface area contributed by atoms with E-state index in [1.54, 1.807) is 0 Å². The number of alkyl halides is 1. The average molecular weight is 147 g/mol. The van der Waals surface area contributed by atoms with Crippen molar-refractivity contribution >= 4 is 11.6 Å². The Morgan fingerprint density at radius 2 is 2.33 bits per heavy atom. The summed E-state index contributed by atoms with van der Waals surface area (Å²) in [5, 5.41) is 7.23. The molecule has 0 saturated heterocycles. The minimum Gasteiger partial charge on any atom is -0.244 e. The first-order valence-electron chi connectivity index (χ1n) is 2.68. The first-order valence-corrected chi connectivity index (χ1v) is 3.22. The van der Waals surface area contributed by atoms with E-state index in [2.05, 4.69) is 14.9 Å². The van der Waals surface area contributed by atoms with Gasteiger partial charge in [0.2, 0.25) is 0 Å². The number of hydrogen-bond acceptors (Lipinski definition) is 3. The highest BCUT2D eigenvalue weighted by Gasteiger charge is 2.01. The normalized spacial score (nSPS) is 10.0. The van der Waals surface area contributed by atoms with Crippen molar-refractivity contribution in [1.29, 1.82) is 0 Å². The Hall–Kier alpha value is -0.570. The van der Waals surface area contributed by atoms with Crippen LogP contribution in [0.25, 0.3) is 0 Å². The Kier molecular flexibility index (Phi) is 2.05. The van der Waals surface area contributed by atoms with Crippen LogP contribution in [0.3, 0.4) is 0 Å². The number of hydrogen-bond donors (Lipinski definition) is 0. The van der Waals surface area contributed by atoms with Gasteiger partial charge >= 0.3 is 0 Å². The molecule has 0 aliphatic heterocycles. The zero-order valence-corrected chi connectivity index (χ0v) is 5.85. The molecule has 4 heteroatoms. The molecule has 1 aromatic rings. The van der Waals surface area contributed by atoms with Gasteiger partial charge in [-0.05, 0) is 6.92 Å². The van der Waals surface area contributed by atoms with Gasteiger partial charge in [-0.3, -0.25) is 0 Å². The van der Waals surface area contributed by atoms with Crippen LogP contribution >= 0.6 is 11.6 Å². The highest BCUT2D eigenvalue weighted by Crippen LogP contribution is 2.01. The van der Waals surface area contributed by atoms with Crippen molar-refractivity contribution < 1.29 is 4.63 Å². The minimum absolute atomic E-state index is 0.565. The Morgan fingerprint density at radius 3 is 2.78 bits per heavy atom. The molecule has 0 unspecified atom stereocenters. The van der Waals surface area contributed by atoms with Gasteiger partial charge in [-0.15, -0.1) is 11.6 Å². The van der Waals surface area contributed by atoms with E-state index < -0.39 is 0 Å². The molecule has 1 rings (SSSR count). The highest BCUT2D eigenvalue weighted by molar-refractivity contribution is 6.17. The second-order valence-electron chi connectivity index (χ2n) is 1.74. The van der Waals surface area contributed by atoms with Crippen molar-refractivity contribution in [3.8, 4) is 0 Å². The molecule has 0 N–H and O–H groups in total. The first kappa shape index (κ1) is 6.55. The Labute approximate surface area is 58.0 Å². The van der Waals surface area contributed by atoms with Crippen LogP contribution in [-0.4, -0.2) is 16.2 Å². The predicted octanol–water partition coefficient (Wildman–Crippen LogP) is 1.16. The van der Waals surface area contributed by atoms with Crippen molar-refractivity contribution in [3.63, 3.8) is 0 Å². The summed E-state index contributed by atoms with van der Waals surface area (Å²) in [6.07, 6.45) is 0.733. The predicted molar refractivity (Wildman–Crippen MR) is 33.5 cm³/mol. The fraction of sp³-hybridized carbons (Fsp3) is 0.600. The van der Waals surface area contributed by atoms with Crippen LogP contribution in [0.4, 0.5) is 0 Å². The lowest BCUT2D eigenvalue weighted by Crippen LogP contribution is -1.88. The van der Waals surface area contributed by atoms with E-state index in [0.717, 1.165) is 17.8 Å². The van der Waals surface area contributed by atoms with Crippen molar-refractivity contribution in [3.05, 3.63) is 11.4 Å². The average Bonchev–Trinajstić information content (AvgIpc) is 2.18. The number of rotatable bonds is 2. The number of aromatic nitrogens is 2. The molecule has 0 aliphatic carbocycles. The Morgan fingerprint density at radius 1 is 1.56 bits per heavy atom. The Bertz CT molecular complexity index is 187. The standard InChI is InChI=1S/C5H7ClN2O/c1-4-5(2-3-6)8-9-7-4/h2-3H2,1H3. The molecule has 0 saturated carbocycles. The molecule has 0 aliphatic rings. The van der Waals surface area contributed by atoms with Gasteiger partial charge in [0.05, 0.1) is 0 Å². The molecule has 1 aromatic heterocycles. The van der Waals surface area contributed by atoms with Gasteiger partial charge in [0, 0.05) is 12.3 Å². The lowest BCUT2D eigenvalue weighted by atomic mass is 10.3. The lowest BCUT2D eigenvalue weighted by Gasteiger charge is -1.84. The summed E-state index contributed by atoms with van der Waals surface area (Å²) in [5.41, 5.74) is 1.68. The fourth-order valence-corrected chi connectivity index (χ4v) is 0.745. The second-order valence-corrected chi connectivity index (χ2v) is 2.11. The molecule has 0 atom stereocenters. The molecular formula is C5H7ClN2O. The van der Waals surface area contributed by atoms with Crippen molar-refractivity contribution in [2.24, 2.45) is 0 Å². The maximum absolute atomic E-state index is 5.46. The van der Waals surface area contributed by atoms with E-state index in [1.165, 1.54) is 0 Å². The number of nitrogens with zero attached hydrogens (tertiary/aromatic N) is 2.